The van der Waals surface area contributed by atoms with Crippen molar-refractivity contribution >= 4 is 16.2 Å². The van der Waals surface area contributed by atoms with Crippen molar-refractivity contribution in [2.75, 3.05) is 6.61 Å². The average Bonchev–Trinajstić information content (AvgIpc) is 2.48. The average molecular weight is 304 g/mol. The van der Waals surface area contributed by atoms with E-state index >= 15 is 0 Å². The summed E-state index contributed by atoms with van der Waals surface area (Å²) in [6.45, 7) is 2.25. The first kappa shape index (κ1) is 15.1. The molecule has 0 N–H and O–H groups in total. The second kappa shape index (κ2) is 6.95. The lowest BCUT2D eigenvalue weighted by Gasteiger charge is -2.09. The zero-order valence-electron chi connectivity index (χ0n) is 11.6. The molecule has 0 aromatic heterocycles. The summed E-state index contributed by atoms with van der Waals surface area (Å²) in [4.78, 5) is 0. The minimum atomic E-state index is -3.83. The molecule has 0 aliphatic heterocycles. The molecule has 0 atom stereocenters. The van der Waals surface area contributed by atoms with Crippen LogP contribution in [0, 0.1) is 0 Å². The van der Waals surface area contributed by atoms with Crippen LogP contribution in [0.3, 0.4) is 0 Å². The van der Waals surface area contributed by atoms with Crippen molar-refractivity contribution in [3.05, 3.63) is 65.6 Å². The third-order valence-corrected chi connectivity index (χ3v) is 3.46. The molecule has 0 aliphatic carbocycles. The Balaban J connectivity index is 2.16. The number of hydrogen-bond donors (Lipinski definition) is 0. The van der Waals surface area contributed by atoms with Gasteiger partial charge in [0.1, 0.15) is 0 Å². The van der Waals surface area contributed by atoms with Crippen LogP contribution in [-0.2, 0) is 10.1 Å². The molecule has 5 heteroatoms. The van der Waals surface area contributed by atoms with Gasteiger partial charge in [0.2, 0.25) is 0 Å². The summed E-state index contributed by atoms with van der Waals surface area (Å²) >= 11 is 0. The highest BCUT2D eigenvalue weighted by Crippen LogP contribution is 2.28. The van der Waals surface area contributed by atoms with Crippen LogP contribution in [0.2, 0.25) is 0 Å². The molecular formula is C16H16O4S. The van der Waals surface area contributed by atoms with Crippen LogP contribution in [0.5, 0.6) is 11.5 Å². The lowest BCUT2D eigenvalue weighted by atomic mass is 10.2. The Morgan fingerprint density at radius 2 is 1.57 bits per heavy atom. The molecule has 0 saturated carbocycles. The fourth-order valence-corrected chi connectivity index (χ4v) is 2.44. The lowest BCUT2D eigenvalue weighted by Crippen LogP contribution is -2.06. The van der Waals surface area contributed by atoms with Gasteiger partial charge in [0.25, 0.3) is 0 Å². The molecule has 0 unspecified atom stereocenters. The zero-order valence-corrected chi connectivity index (χ0v) is 12.4. The van der Waals surface area contributed by atoms with Gasteiger partial charge < -0.3 is 8.92 Å². The number of benzene rings is 2. The molecule has 0 heterocycles. The van der Waals surface area contributed by atoms with E-state index in [-0.39, 0.29) is 5.75 Å². The summed E-state index contributed by atoms with van der Waals surface area (Å²) in [6.07, 6.45) is 1.48. The van der Waals surface area contributed by atoms with E-state index in [1.54, 1.807) is 36.4 Å². The quantitative estimate of drug-likeness (QED) is 0.767. The van der Waals surface area contributed by atoms with Crippen molar-refractivity contribution in [1.29, 1.82) is 0 Å². The third-order valence-electron chi connectivity index (χ3n) is 2.58. The Hall–Kier alpha value is -2.27. The zero-order chi connectivity index (χ0) is 15.1. The van der Waals surface area contributed by atoms with Crippen LogP contribution in [0.25, 0.3) is 6.08 Å². The third kappa shape index (κ3) is 4.65. The van der Waals surface area contributed by atoms with Crippen LogP contribution >= 0.6 is 0 Å². The maximum Gasteiger partial charge on any atom is 0.332 e. The first-order valence-corrected chi connectivity index (χ1v) is 7.97. The Morgan fingerprint density at radius 3 is 2.24 bits per heavy atom. The smallest absolute Gasteiger partial charge is 0.332 e. The molecule has 0 bridgehead atoms. The SMILES string of the molecule is CCOc1ccccc1OS(=O)(=O)/C=C/c1ccccc1. The molecule has 2 rings (SSSR count). The first-order chi connectivity index (χ1) is 10.1. The van der Waals surface area contributed by atoms with E-state index in [0.717, 1.165) is 11.0 Å². The van der Waals surface area contributed by atoms with Gasteiger partial charge in [0.05, 0.1) is 12.0 Å². The molecule has 21 heavy (non-hydrogen) atoms. The van der Waals surface area contributed by atoms with Gasteiger partial charge in [-0.2, -0.15) is 8.42 Å². The fraction of sp³-hybridized carbons (Fsp3) is 0.125. The van der Waals surface area contributed by atoms with Crippen molar-refractivity contribution in [2.45, 2.75) is 6.92 Å². The molecular weight excluding hydrogens is 288 g/mol. The summed E-state index contributed by atoms with van der Waals surface area (Å²) in [7, 11) is -3.83. The summed E-state index contributed by atoms with van der Waals surface area (Å²) in [6, 6.07) is 15.8. The summed E-state index contributed by atoms with van der Waals surface area (Å²) < 4.78 is 34.3. The molecule has 110 valence electrons. The van der Waals surface area contributed by atoms with Crippen molar-refractivity contribution < 1.29 is 17.3 Å². The van der Waals surface area contributed by atoms with E-state index in [1.165, 1.54) is 6.08 Å². The Kier molecular flexibility index (Phi) is 5.00. The topological polar surface area (TPSA) is 52.6 Å². The van der Waals surface area contributed by atoms with Gasteiger partial charge in [-0.15, -0.1) is 0 Å². The van der Waals surface area contributed by atoms with Crippen molar-refractivity contribution in [2.24, 2.45) is 0 Å². The number of ether oxygens (including phenoxy) is 1. The van der Waals surface area contributed by atoms with Crippen molar-refractivity contribution in [3.63, 3.8) is 0 Å². The van der Waals surface area contributed by atoms with E-state index < -0.39 is 10.1 Å². The molecule has 0 aliphatic rings. The minimum absolute atomic E-state index is 0.178. The Bertz CT molecular complexity index is 706. The summed E-state index contributed by atoms with van der Waals surface area (Å²) in [5.41, 5.74) is 0.780. The van der Waals surface area contributed by atoms with Gasteiger partial charge in [0, 0.05) is 0 Å². The van der Waals surface area contributed by atoms with Gasteiger partial charge in [-0.1, -0.05) is 42.5 Å². The van der Waals surface area contributed by atoms with Gasteiger partial charge in [0.15, 0.2) is 11.5 Å². The molecule has 2 aromatic rings. The Labute approximate surface area is 124 Å². The van der Waals surface area contributed by atoms with E-state index in [0.29, 0.717) is 12.4 Å². The monoisotopic (exact) mass is 304 g/mol. The fourth-order valence-electron chi connectivity index (χ4n) is 1.67. The molecule has 0 amide bonds. The van der Waals surface area contributed by atoms with E-state index in [4.69, 9.17) is 8.92 Å². The van der Waals surface area contributed by atoms with Gasteiger partial charge in [-0.25, -0.2) is 0 Å². The van der Waals surface area contributed by atoms with Gasteiger partial charge in [-0.05, 0) is 30.7 Å². The predicted octanol–water partition coefficient (Wildman–Crippen LogP) is 3.46. The highest BCUT2D eigenvalue weighted by atomic mass is 32.2. The van der Waals surface area contributed by atoms with Gasteiger partial charge in [-0.3, -0.25) is 0 Å². The van der Waals surface area contributed by atoms with Crippen LogP contribution in [-0.4, -0.2) is 15.0 Å². The molecule has 0 fully saturated rings. The lowest BCUT2D eigenvalue weighted by molar-refractivity contribution is 0.328. The maximum absolute atomic E-state index is 12.0. The number of rotatable bonds is 6. The molecule has 0 radical (unpaired) electrons. The number of hydrogen-bond acceptors (Lipinski definition) is 4. The van der Waals surface area contributed by atoms with E-state index in [9.17, 15) is 8.42 Å². The minimum Gasteiger partial charge on any atom is -0.490 e. The van der Waals surface area contributed by atoms with E-state index in [2.05, 4.69) is 0 Å². The van der Waals surface area contributed by atoms with Crippen LogP contribution in [0.1, 0.15) is 12.5 Å². The predicted molar refractivity (Wildman–Crippen MR) is 82.6 cm³/mol. The standard InChI is InChI=1S/C16H16O4S/c1-2-19-15-10-6-7-11-16(15)20-21(17,18)13-12-14-8-4-3-5-9-14/h3-13H,2H2,1H3/b13-12+. The van der Waals surface area contributed by atoms with Crippen LogP contribution in [0.15, 0.2) is 60.0 Å². The summed E-state index contributed by atoms with van der Waals surface area (Å²) in [5.74, 6) is 0.578. The number of para-hydroxylation sites is 2. The molecule has 0 spiro atoms. The normalized spacial score (nSPS) is 11.5. The van der Waals surface area contributed by atoms with Crippen molar-refractivity contribution in [1.82, 2.24) is 0 Å². The van der Waals surface area contributed by atoms with E-state index in [1.807, 2.05) is 25.1 Å². The maximum atomic E-state index is 12.0. The Morgan fingerprint density at radius 1 is 0.952 bits per heavy atom. The first-order valence-electron chi connectivity index (χ1n) is 6.50. The summed E-state index contributed by atoms with van der Waals surface area (Å²) in [5, 5.41) is 1.03. The molecule has 0 saturated heterocycles. The second-order valence-corrected chi connectivity index (χ2v) is 5.59. The molecule has 2 aromatic carbocycles. The van der Waals surface area contributed by atoms with Crippen molar-refractivity contribution in [3.8, 4) is 11.5 Å². The second-order valence-electron chi connectivity index (χ2n) is 4.17. The highest BCUT2D eigenvalue weighted by Gasteiger charge is 2.12. The van der Waals surface area contributed by atoms with Crippen LogP contribution in [0.4, 0.5) is 0 Å². The highest BCUT2D eigenvalue weighted by molar-refractivity contribution is 7.90. The largest absolute Gasteiger partial charge is 0.490 e. The van der Waals surface area contributed by atoms with Gasteiger partial charge >= 0.3 is 10.1 Å². The van der Waals surface area contributed by atoms with Crippen LogP contribution < -0.4 is 8.92 Å². The molecule has 4 nitrogen and oxygen atoms in total.